The molecule has 0 radical (unpaired) electrons. The van der Waals surface area contributed by atoms with Gasteiger partial charge in [-0.25, -0.2) is 4.98 Å². The van der Waals surface area contributed by atoms with Gasteiger partial charge in [0.1, 0.15) is 5.76 Å². The third-order valence-electron chi connectivity index (χ3n) is 4.88. The largest absolute Gasteiger partial charge is 0.360 e. The van der Waals surface area contributed by atoms with Crippen molar-refractivity contribution >= 4 is 34.4 Å². The van der Waals surface area contributed by atoms with Crippen molar-refractivity contribution in [2.45, 2.75) is 38.1 Å². The molecule has 4 aromatic rings. The van der Waals surface area contributed by atoms with Crippen molar-refractivity contribution in [2.24, 2.45) is 0 Å². The van der Waals surface area contributed by atoms with Crippen LogP contribution in [0.25, 0.3) is 16.6 Å². The predicted octanol–water partition coefficient (Wildman–Crippen LogP) is 4.42. The Hall–Kier alpha value is -3.39. The van der Waals surface area contributed by atoms with E-state index in [1.54, 1.807) is 36.6 Å². The van der Waals surface area contributed by atoms with Crippen LogP contribution in [0.1, 0.15) is 23.8 Å². The van der Waals surface area contributed by atoms with Crippen molar-refractivity contribution in [1.29, 1.82) is 0 Å². The van der Waals surface area contributed by atoms with Crippen LogP contribution in [0.3, 0.4) is 0 Å². The molecule has 2 heterocycles. The van der Waals surface area contributed by atoms with E-state index in [0.29, 0.717) is 27.6 Å². The van der Waals surface area contributed by atoms with Gasteiger partial charge in [-0.05, 0) is 57.0 Å². The highest BCUT2D eigenvalue weighted by Crippen LogP contribution is 2.27. The maximum atomic E-state index is 13.4. The van der Waals surface area contributed by atoms with Gasteiger partial charge < -0.3 is 9.84 Å². The van der Waals surface area contributed by atoms with Crippen molar-refractivity contribution in [3.05, 3.63) is 75.8 Å². The monoisotopic (exact) mass is 434 g/mol. The summed E-state index contributed by atoms with van der Waals surface area (Å²) in [6.45, 7) is 7.45. The zero-order valence-electron chi connectivity index (χ0n) is 17.7. The maximum Gasteiger partial charge on any atom is 0.266 e. The van der Waals surface area contributed by atoms with Gasteiger partial charge in [-0.1, -0.05) is 41.2 Å². The summed E-state index contributed by atoms with van der Waals surface area (Å²) in [5.74, 6) is 0.706. The highest BCUT2D eigenvalue weighted by Gasteiger charge is 2.22. The molecule has 1 atom stereocenters. The fraction of sp³-hybridized carbons (Fsp3) is 0.217. The number of amides is 1. The van der Waals surface area contributed by atoms with E-state index >= 15 is 0 Å². The number of nitrogens with one attached hydrogen (secondary N) is 1. The summed E-state index contributed by atoms with van der Waals surface area (Å²) in [6, 6.07) is 14.8. The molecule has 0 aliphatic carbocycles. The van der Waals surface area contributed by atoms with E-state index < -0.39 is 5.25 Å². The fourth-order valence-electron chi connectivity index (χ4n) is 3.23. The van der Waals surface area contributed by atoms with E-state index in [1.807, 2.05) is 44.2 Å². The third-order valence-corrected chi connectivity index (χ3v) is 5.93. The number of anilines is 1. The molecule has 0 aliphatic heterocycles. The number of fused-ring (bicyclic) bond motifs is 1. The molecule has 0 saturated heterocycles. The molecule has 31 heavy (non-hydrogen) atoms. The van der Waals surface area contributed by atoms with Gasteiger partial charge in [0, 0.05) is 6.07 Å². The Morgan fingerprint density at radius 2 is 1.90 bits per heavy atom. The van der Waals surface area contributed by atoms with Crippen LogP contribution >= 0.6 is 11.8 Å². The van der Waals surface area contributed by atoms with Crippen LogP contribution in [0.4, 0.5) is 5.82 Å². The Morgan fingerprint density at radius 1 is 1.13 bits per heavy atom. The lowest BCUT2D eigenvalue weighted by molar-refractivity contribution is -0.115. The van der Waals surface area contributed by atoms with Crippen LogP contribution < -0.4 is 10.9 Å². The van der Waals surface area contributed by atoms with Gasteiger partial charge in [0.2, 0.25) is 5.91 Å². The average molecular weight is 435 g/mol. The number of thioether (sulfide) groups is 1. The third kappa shape index (κ3) is 4.25. The predicted molar refractivity (Wildman–Crippen MR) is 122 cm³/mol. The Morgan fingerprint density at radius 3 is 2.65 bits per heavy atom. The standard InChI is InChI=1S/C23H22N4O3S/c1-13-9-10-14(2)19(11-13)27-22(29)17-7-5-6-8-18(17)24-23(27)31-16(4)21(28)25-20-12-15(3)30-26-20/h5-12,16H,1-4H3,(H,25,26,28). The van der Waals surface area contributed by atoms with Crippen LogP contribution in [0, 0.1) is 20.8 Å². The molecular formula is C23H22N4O3S. The summed E-state index contributed by atoms with van der Waals surface area (Å²) in [7, 11) is 0. The van der Waals surface area contributed by atoms with Gasteiger partial charge in [0.15, 0.2) is 11.0 Å². The Bertz CT molecular complexity index is 1340. The molecule has 1 amide bonds. The molecule has 0 bridgehead atoms. The van der Waals surface area contributed by atoms with E-state index in [2.05, 4.69) is 10.5 Å². The lowest BCUT2D eigenvalue weighted by Gasteiger charge is -2.17. The first-order valence-electron chi connectivity index (χ1n) is 9.84. The molecule has 2 aromatic heterocycles. The van der Waals surface area contributed by atoms with Crippen LogP contribution in [0.2, 0.25) is 0 Å². The van der Waals surface area contributed by atoms with Crippen molar-refractivity contribution in [2.75, 3.05) is 5.32 Å². The molecule has 4 rings (SSSR count). The SMILES string of the molecule is Cc1ccc(C)c(-n2c(SC(C)C(=O)Nc3cc(C)on3)nc3ccccc3c2=O)c1. The summed E-state index contributed by atoms with van der Waals surface area (Å²) >= 11 is 1.22. The van der Waals surface area contributed by atoms with E-state index in [9.17, 15) is 9.59 Å². The number of rotatable bonds is 5. The first-order valence-corrected chi connectivity index (χ1v) is 10.7. The van der Waals surface area contributed by atoms with Crippen molar-refractivity contribution in [1.82, 2.24) is 14.7 Å². The zero-order chi connectivity index (χ0) is 22.1. The first kappa shape index (κ1) is 20.9. The molecule has 158 valence electrons. The second-order valence-corrected chi connectivity index (χ2v) is 8.72. The summed E-state index contributed by atoms with van der Waals surface area (Å²) in [5, 5.41) is 6.99. The highest BCUT2D eigenvalue weighted by molar-refractivity contribution is 8.00. The van der Waals surface area contributed by atoms with Crippen molar-refractivity contribution in [3.8, 4) is 5.69 Å². The van der Waals surface area contributed by atoms with Gasteiger partial charge in [0.25, 0.3) is 5.56 Å². The van der Waals surface area contributed by atoms with Gasteiger partial charge in [0.05, 0.1) is 21.8 Å². The zero-order valence-corrected chi connectivity index (χ0v) is 18.5. The van der Waals surface area contributed by atoms with Crippen molar-refractivity contribution in [3.63, 3.8) is 0 Å². The number of carbonyl (C=O) groups excluding carboxylic acids is 1. The quantitative estimate of drug-likeness (QED) is 0.369. The lowest BCUT2D eigenvalue weighted by atomic mass is 10.1. The average Bonchev–Trinajstić information content (AvgIpc) is 3.15. The smallest absolute Gasteiger partial charge is 0.266 e. The topological polar surface area (TPSA) is 90.0 Å². The van der Waals surface area contributed by atoms with Crippen LogP contribution in [0.15, 0.2) is 63.0 Å². The normalized spacial score (nSPS) is 12.1. The number of para-hydroxylation sites is 1. The van der Waals surface area contributed by atoms with E-state index in [-0.39, 0.29) is 11.5 Å². The number of aromatic nitrogens is 3. The second-order valence-electron chi connectivity index (χ2n) is 7.41. The molecule has 1 N–H and O–H groups in total. The summed E-state index contributed by atoms with van der Waals surface area (Å²) < 4.78 is 6.60. The van der Waals surface area contributed by atoms with E-state index in [0.717, 1.165) is 16.8 Å². The van der Waals surface area contributed by atoms with Crippen LogP contribution in [0.5, 0.6) is 0 Å². The van der Waals surface area contributed by atoms with Crippen LogP contribution in [-0.2, 0) is 4.79 Å². The molecule has 8 heteroatoms. The summed E-state index contributed by atoms with van der Waals surface area (Å²) in [6.07, 6.45) is 0. The summed E-state index contributed by atoms with van der Waals surface area (Å²) in [5.41, 5.74) is 3.16. The lowest BCUT2D eigenvalue weighted by Crippen LogP contribution is -2.26. The second kappa shape index (κ2) is 8.39. The van der Waals surface area contributed by atoms with Gasteiger partial charge in [-0.2, -0.15) is 0 Å². The molecule has 0 aliphatic rings. The van der Waals surface area contributed by atoms with Crippen LogP contribution in [-0.4, -0.2) is 25.9 Å². The number of benzene rings is 2. The van der Waals surface area contributed by atoms with E-state index in [4.69, 9.17) is 9.51 Å². The van der Waals surface area contributed by atoms with Gasteiger partial charge in [-0.15, -0.1) is 0 Å². The molecule has 0 spiro atoms. The molecule has 7 nitrogen and oxygen atoms in total. The van der Waals surface area contributed by atoms with Gasteiger partial charge >= 0.3 is 0 Å². The van der Waals surface area contributed by atoms with Crippen molar-refractivity contribution < 1.29 is 9.32 Å². The first-order chi connectivity index (χ1) is 14.8. The van der Waals surface area contributed by atoms with Gasteiger partial charge in [-0.3, -0.25) is 14.2 Å². The summed E-state index contributed by atoms with van der Waals surface area (Å²) in [4.78, 5) is 30.9. The fourth-order valence-corrected chi connectivity index (χ4v) is 4.15. The number of hydrogen-bond acceptors (Lipinski definition) is 6. The Balaban J connectivity index is 1.78. The minimum absolute atomic E-state index is 0.165. The maximum absolute atomic E-state index is 13.4. The molecular weight excluding hydrogens is 412 g/mol. The Kier molecular flexibility index (Phi) is 5.65. The number of hydrogen-bond donors (Lipinski definition) is 1. The highest BCUT2D eigenvalue weighted by atomic mass is 32.2. The molecule has 0 saturated carbocycles. The minimum Gasteiger partial charge on any atom is -0.360 e. The van der Waals surface area contributed by atoms with E-state index in [1.165, 1.54) is 11.8 Å². The Labute approximate surface area is 183 Å². The molecule has 2 aromatic carbocycles. The molecule has 1 unspecified atom stereocenters. The number of nitrogens with zero attached hydrogens (tertiary/aromatic N) is 3. The molecule has 0 fully saturated rings. The number of carbonyl (C=O) groups is 1. The number of aryl methyl sites for hydroxylation is 3. The minimum atomic E-state index is -0.526.